The van der Waals surface area contributed by atoms with Gasteiger partial charge < -0.3 is 14.2 Å². The topological polar surface area (TPSA) is 61.8 Å². The van der Waals surface area contributed by atoms with E-state index in [-0.39, 0.29) is 12.1 Å². The molecule has 1 aliphatic rings. The molecule has 0 aromatic rings. The van der Waals surface area contributed by atoms with E-state index in [1.807, 2.05) is 0 Å². The molecule has 0 spiro atoms. The number of carbonyl (C=O) groups is 2. The number of esters is 2. The van der Waals surface area contributed by atoms with Crippen molar-refractivity contribution in [3.63, 3.8) is 0 Å². The van der Waals surface area contributed by atoms with Crippen LogP contribution in [0.1, 0.15) is 32.1 Å². The van der Waals surface area contributed by atoms with Crippen molar-refractivity contribution in [1.29, 1.82) is 0 Å². The van der Waals surface area contributed by atoms with Crippen LogP contribution in [0, 0.1) is 0 Å². The molecule has 1 saturated heterocycles. The zero-order valence-corrected chi connectivity index (χ0v) is 10.6. The molecule has 0 amide bonds. The van der Waals surface area contributed by atoms with E-state index in [4.69, 9.17) is 14.2 Å². The molecule has 1 fully saturated rings. The number of hydrogen-bond acceptors (Lipinski definition) is 5. The molecule has 0 bridgehead atoms. The van der Waals surface area contributed by atoms with E-state index in [0.717, 1.165) is 18.9 Å². The molecule has 1 aliphatic heterocycles. The summed E-state index contributed by atoms with van der Waals surface area (Å²) >= 11 is 0. The average molecular weight is 256 g/mol. The summed E-state index contributed by atoms with van der Waals surface area (Å²) in [5.41, 5.74) is 0. The molecule has 102 valence electrons. The summed E-state index contributed by atoms with van der Waals surface area (Å²) in [6, 6.07) is 0. The normalized spacial score (nSPS) is 16.0. The van der Waals surface area contributed by atoms with Crippen LogP contribution in [0.15, 0.2) is 12.7 Å². The SMILES string of the molecule is C=CC(=O)OCCCCC(=O)OC1CCOCC1. The van der Waals surface area contributed by atoms with Gasteiger partial charge in [0, 0.05) is 25.3 Å². The van der Waals surface area contributed by atoms with Crippen LogP contribution < -0.4 is 0 Å². The molecule has 0 N–H and O–H groups in total. The Kier molecular flexibility index (Phi) is 7.10. The van der Waals surface area contributed by atoms with Crippen LogP contribution in [0.4, 0.5) is 0 Å². The van der Waals surface area contributed by atoms with Crippen LogP contribution in [0.5, 0.6) is 0 Å². The summed E-state index contributed by atoms with van der Waals surface area (Å²) in [4.78, 5) is 22.2. The van der Waals surface area contributed by atoms with Gasteiger partial charge >= 0.3 is 11.9 Å². The third kappa shape index (κ3) is 6.39. The Morgan fingerprint density at radius 2 is 2.00 bits per heavy atom. The van der Waals surface area contributed by atoms with Gasteiger partial charge in [0.15, 0.2) is 0 Å². The van der Waals surface area contributed by atoms with Crippen molar-refractivity contribution in [3.05, 3.63) is 12.7 Å². The molecule has 0 saturated carbocycles. The first-order chi connectivity index (χ1) is 8.72. The molecule has 5 heteroatoms. The Hall–Kier alpha value is -1.36. The molecule has 1 heterocycles. The summed E-state index contributed by atoms with van der Waals surface area (Å²) < 4.78 is 15.3. The number of ether oxygens (including phenoxy) is 3. The Balaban J connectivity index is 1.99. The lowest BCUT2D eigenvalue weighted by molar-refractivity contribution is -0.153. The molecule has 0 aliphatic carbocycles. The van der Waals surface area contributed by atoms with Gasteiger partial charge in [0.2, 0.25) is 0 Å². The minimum atomic E-state index is -0.431. The minimum Gasteiger partial charge on any atom is -0.463 e. The van der Waals surface area contributed by atoms with Crippen molar-refractivity contribution in [1.82, 2.24) is 0 Å². The molecule has 1 rings (SSSR count). The monoisotopic (exact) mass is 256 g/mol. The fourth-order valence-corrected chi connectivity index (χ4v) is 1.64. The maximum Gasteiger partial charge on any atom is 0.330 e. The highest BCUT2D eigenvalue weighted by atomic mass is 16.6. The second-order valence-corrected chi connectivity index (χ2v) is 4.13. The Morgan fingerprint density at radius 1 is 1.28 bits per heavy atom. The highest BCUT2D eigenvalue weighted by Crippen LogP contribution is 2.12. The maximum atomic E-state index is 11.5. The van der Waals surface area contributed by atoms with E-state index in [1.54, 1.807) is 0 Å². The second-order valence-electron chi connectivity index (χ2n) is 4.13. The number of rotatable bonds is 7. The molecular formula is C13H20O5. The van der Waals surface area contributed by atoms with Gasteiger partial charge in [-0.05, 0) is 12.8 Å². The Morgan fingerprint density at radius 3 is 2.67 bits per heavy atom. The van der Waals surface area contributed by atoms with Crippen molar-refractivity contribution in [2.45, 2.75) is 38.2 Å². The third-order valence-corrected chi connectivity index (χ3v) is 2.65. The van der Waals surface area contributed by atoms with Crippen LogP contribution in [0.25, 0.3) is 0 Å². The summed E-state index contributed by atoms with van der Waals surface area (Å²) in [7, 11) is 0. The summed E-state index contributed by atoms with van der Waals surface area (Å²) in [5.74, 6) is -0.614. The lowest BCUT2D eigenvalue weighted by Gasteiger charge is -2.22. The number of hydrogen-bond donors (Lipinski definition) is 0. The number of unbranched alkanes of at least 4 members (excludes halogenated alkanes) is 1. The highest BCUT2D eigenvalue weighted by Gasteiger charge is 2.17. The minimum absolute atomic E-state index is 0.00448. The van der Waals surface area contributed by atoms with Crippen LogP contribution in [-0.4, -0.2) is 37.9 Å². The van der Waals surface area contributed by atoms with Crippen LogP contribution in [0.2, 0.25) is 0 Å². The highest BCUT2D eigenvalue weighted by molar-refractivity contribution is 5.81. The summed E-state index contributed by atoms with van der Waals surface area (Å²) in [5, 5.41) is 0. The van der Waals surface area contributed by atoms with Crippen molar-refractivity contribution < 1.29 is 23.8 Å². The first kappa shape index (κ1) is 14.7. The van der Waals surface area contributed by atoms with Gasteiger partial charge in [0.05, 0.1) is 19.8 Å². The first-order valence-electron chi connectivity index (χ1n) is 6.29. The van der Waals surface area contributed by atoms with Crippen LogP contribution in [0.3, 0.4) is 0 Å². The lowest BCUT2D eigenvalue weighted by Crippen LogP contribution is -2.26. The predicted molar refractivity (Wildman–Crippen MR) is 64.9 cm³/mol. The van der Waals surface area contributed by atoms with E-state index in [2.05, 4.69) is 6.58 Å². The molecule has 5 nitrogen and oxygen atoms in total. The molecule has 0 aromatic carbocycles. The predicted octanol–water partition coefficient (Wildman–Crippen LogP) is 1.61. The van der Waals surface area contributed by atoms with Gasteiger partial charge in [-0.2, -0.15) is 0 Å². The van der Waals surface area contributed by atoms with E-state index >= 15 is 0 Å². The van der Waals surface area contributed by atoms with Crippen molar-refractivity contribution in [2.75, 3.05) is 19.8 Å². The van der Waals surface area contributed by atoms with Gasteiger partial charge in [0.25, 0.3) is 0 Å². The van der Waals surface area contributed by atoms with E-state index in [0.29, 0.717) is 39.1 Å². The van der Waals surface area contributed by atoms with E-state index < -0.39 is 5.97 Å². The molecule has 0 atom stereocenters. The molecule has 0 unspecified atom stereocenters. The van der Waals surface area contributed by atoms with Crippen molar-refractivity contribution in [2.24, 2.45) is 0 Å². The Labute approximate surface area is 107 Å². The molecule has 18 heavy (non-hydrogen) atoms. The van der Waals surface area contributed by atoms with Crippen molar-refractivity contribution >= 4 is 11.9 Å². The fourth-order valence-electron chi connectivity index (χ4n) is 1.64. The summed E-state index contributed by atoms with van der Waals surface area (Å²) in [6.07, 6.45) is 4.37. The number of carbonyl (C=O) groups excluding carboxylic acids is 2. The Bertz CT molecular complexity index is 281. The van der Waals surface area contributed by atoms with Gasteiger partial charge in [-0.15, -0.1) is 0 Å². The summed E-state index contributed by atoms with van der Waals surface area (Å²) in [6.45, 7) is 4.93. The van der Waals surface area contributed by atoms with E-state index in [1.165, 1.54) is 0 Å². The maximum absolute atomic E-state index is 11.5. The van der Waals surface area contributed by atoms with Crippen LogP contribution in [-0.2, 0) is 23.8 Å². The largest absolute Gasteiger partial charge is 0.463 e. The van der Waals surface area contributed by atoms with E-state index in [9.17, 15) is 9.59 Å². The zero-order valence-electron chi connectivity index (χ0n) is 10.6. The molecule has 0 aromatic heterocycles. The molecule has 0 radical (unpaired) electrons. The lowest BCUT2D eigenvalue weighted by atomic mass is 10.1. The van der Waals surface area contributed by atoms with Gasteiger partial charge in [-0.3, -0.25) is 4.79 Å². The van der Waals surface area contributed by atoms with Gasteiger partial charge in [-0.25, -0.2) is 4.79 Å². The van der Waals surface area contributed by atoms with Crippen LogP contribution >= 0.6 is 0 Å². The standard InChI is InChI=1S/C13H20O5/c1-2-12(14)17-8-4-3-5-13(15)18-11-6-9-16-10-7-11/h2,11H,1,3-10H2. The average Bonchev–Trinajstić information content (AvgIpc) is 2.39. The fraction of sp³-hybridized carbons (Fsp3) is 0.692. The quantitative estimate of drug-likeness (QED) is 0.393. The molecular weight excluding hydrogens is 236 g/mol. The second kappa shape index (κ2) is 8.69. The third-order valence-electron chi connectivity index (χ3n) is 2.65. The first-order valence-corrected chi connectivity index (χ1v) is 6.29. The van der Waals surface area contributed by atoms with Gasteiger partial charge in [-0.1, -0.05) is 6.58 Å². The zero-order chi connectivity index (χ0) is 13.2. The van der Waals surface area contributed by atoms with Gasteiger partial charge in [0.1, 0.15) is 6.10 Å². The smallest absolute Gasteiger partial charge is 0.330 e. The van der Waals surface area contributed by atoms with Crippen molar-refractivity contribution in [3.8, 4) is 0 Å².